The monoisotopic (exact) mass is 410 g/mol. The third-order valence-electron chi connectivity index (χ3n) is 4.41. The van der Waals surface area contributed by atoms with Crippen LogP contribution in [-0.4, -0.2) is 36.0 Å². The number of rotatable bonds is 10. The highest BCUT2D eigenvalue weighted by Crippen LogP contribution is 2.13. The average molecular weight is 410 g/mol. The molecule has 7 nitrogen and oxygen atoms in total. The maximum absolute atomic E-state index is 12.8. The number of aliphatic carboxylic acids is 1. The van der Waals surface area contributed by atoms with Crippen molar-refractivity contribution in [2.24, 2.45) is 0 Å². The van der Waals surface area contributed by atoms with Crippen LogP contribution in [0, 0.1) is 0 Å². The Kier molecular flexibility index (Phi) is 8.62. The normalized spacial score (nSPS) is 12.0. The molecular weight excluding hydrogens is 384 g/mol. The number of unbranched alkanes of at least 4 members (excludes halogenated alkanes) is 1. The molecule has 0 aliphatic carbocycles. The van der Waals surface area contributed by atoms with Gasteiger partial charge >= 0.3 is 5.97 Å². The first-order valence-electron chi connectivity index (χ1n) is 9.70. The van der Waals surface area contributed by atoms with E-state index in [2.05, 4.69) is 10.6 Å². The minimum atomic E-state index is -1.11. The van der Waals surface area contributed by atoms with Gasteiger partial charge in [-0.15, -0.1) is 0 Å². The number of carbonyl (C=O) groups is 3. The number of amides is 2. The summed E-state index contributed by atoms with van der Waals surface area (Å²) in [5.74, 6) is -1.67. The van der Waals surface area contributed by atoms with Gasteiger partial charge in [-0.05, 0) is 42.3 Å². The second kappa shape index (κ2) is 11.4. The molecule has 0 aliphatic heterocycles. The first-order chi connectivity index (χ1) is 14.4. The van der Waals surface area contributed by atoms with Crippen LogP contribution in [0.15, 0.2) is 60.3 Å². The lowest BCUT2D eigenvalue weighted by Gasteiger charge is -2.16. The Morgan fingerprint density at radius 3 is 2.30 bits per heavy atom. The van der Waals surface area contributed by atoms with E-state index in [-0.39, 0.29) is 5.70 Å². The van der Waals surface area contributed by atoms with Gasteiger partial charge in [0.1, 0.15) is 17.5 Å². The van der Waals surface area contributed by atoms with Crippen LogP contribution in [0.25, 0.3) is 6.08 Å². The fraction of sp³-hybridized carbons (Fsp3) is 0.261. The van der Waals surface area contributed by atoms with Gasteiger partial charge in [-0.1, -0.05) is 50.1 Å². The van der Waals surface area contributed by atoms with Crippen LogP contribution in [0.2, 0.25) is 0 Å². The number of ether oxygens (including phenoxy) is 1. The molecule has 0 radical (unpaired) electrons. The highest BCUT2D eigenvalue weighted by molar-refractivity contribution is 6.06. The Morgan fingerprint density at radius 1 is 1.07 bits per heavy atom. The fourth-order valence-corrected chi connectivity index (χ4v) is 2.71. The van der Waals surface area contributed by atoms with E-state index in [1.165, 1.54) is 13.2 Å². The van der Waals surface area contributed by atoms with Crippen molar-refractivity contribution < 1.29 is 24.2 Å². The standard InChI is InChI=1S/C23H26N2O5/c1-3-4-10-19(23(28)29)24-22(27)20(15-16-8-6-5-7-9-16)25-21(26)17-11-13-18(30-2)14-12-17/h5-9,11-15,19H,3-4,10H2,1-2H3,(H,24,27)(H,25,26)(H,28,29)/b20-15-/t19-/m1/s1. The molecule has 0 saturated carbocycles. The largest absolute Gasteiger partial charge is 0.497 e. The van der Waals surface area contributed by atoms with Gasteiger partial charge < -0.3 is 20.5 Å². The third-order valence-corrected chi connectivity index (χ3v) is 4.41. The van der Waals surface area contributed by atoms with Crippen LogP contribution >= 0.6 is 0 Å². The van der Waals surface area contributed by atoms with Crippen LogP contribution in [0.4, 0.5) is 0 Å². The molecule has 0 bridgehead atoms. The highest BCUT2D eigenvalue weighted by Gasteiger charge is 2.22. The number of hydrogen-bond donors (Lipinski definition) is 3. The molecule has 158 valence electrons. The van der Waals surface area contributed by atoms with Crippen molar-refractivity contribution in [3.05, 3.63) is 71.4 Å². The van der Waals surface area contributed by atoms with Crippen molar-refractivity contribution in [1.29, 1.82) is 0 Å². The number of benzene rings is 2. The van der Waals surface area contributed by atoms with E-state index in [0.717, 1.165) is 6.42 Å². The fourth-order valence-electron chi connectivity index (χ4n) is 2.71. The molecule has 0 heterocycles. The maximum Gasteiger partial charge on any atom is 0.326 e. The van der Waals surface area contributed by atoms with Crippen LogP contribution < -0.4 is 15.4 Å². The first kappa shape index (κ1) is 22.7. The van der Waals surface area contributed by atoms with Crippen LogP contribution in [0.1, 0.15) is 42.1 Å². The summed E-state index contributed by atoms with van der Waals surface area (Å²) in [6, 6.07) is 14.4. The maximum atomic E-state index is 12.8. The van der Waals surface area contributed by atoms with Crippen molar-refractivity contribution in [3.8, 4) is 5.75 Å². The second-order valence-corrected chi connectivity index (χ2v) is 6.66. The zero-order chi connectivity index (χ0) is 21.9. The summed E-state index contributed by atoms with van der Waals surface area (Å²) in [6.45, 7) is 1.94. The Morgan fingerprint density at radius 2 is 1.73 bits per heavy atom. The van der Waals surface area contributed by atoms with E-state index >= 15 is 0 Å². The average Bonchev–Trinajstić information content (AvgIpc) is 2.76. The highest BCUT2D eigenvalue weighted by atomic mass is 16.5. The van der Waals surface area contributed by atoms with Crippen molar-refractivity contribution in [2.75, 3.05) is 7.11 Å². The smallest absolute Gasteiger partial charge is 0.326 e. The number of nitrogens with one attached hydrogen (secondary N) is 2. The van der Waals surface area contributed by atoms with E-state index < -0.39 is 23.8 Å². The van der Waals surface area contributed by atoms with Gasteiger partial charge in [0.2, 0.25) is 0 Å². The van der Waals surface area contributed by atoms with Gasteiger partial charge in [0.25, 0.3) is 11.8 Å². The molecule has 0 aromatic heterocycles. The lowest BCUT2D eigenvalue weighted by Crippen LogP contribution is -2.44. The molecule has 2 amide bonds. The summed E-state index contributed by atoms with van der Waals surface area (Å²) in [6.07, 6.45) is 3.28. The quantitative estimate of drug-likeness (QED) is 0.522. The number of carboxylic acid groups (broad SMARTS) is 1. The summed E-state index contributed by atoms with van der Waals surface area (Å²) in [7, 11) is 1.53. The second-order valence-electron chi connectivity index (χ2n) is 6.66. The molecule has 0 aliphatic rings. The van der Waals surface area contributed by atoms with Crippen LogP contribution in [-0.2, 0) is 9.59 Å². The van der Waals surface area contributed by atoms with E-state index in [9.17, 15) is 19.5 Å². The lowest BCUT2D eigenvalue weighted by atomic mass is 10.1. The number of carbonyl (C=O) groups excluding carboxylic acids is 2. The molecule has 0 spiro atoms. The van der Waals surface area contributed by atoms with Gasteiger partial charge in [0, 0.05) is 5.56 Å². The van der Waals surface area contributed by atoms with Crippen molar-refractivity contribution in [1.82, 2.24) is 10.6 Å². The zero-order valence-electron chi connectivity index (χ0n) is 17.1. The summed E-state index contributed by atoms with van der Waals surface area (Å²) in [5.41, 5.74) is 0.992. The number of carboxylic acids is 1. The van der Waals surface area contributed by atoms with Crippen molar-refractivity contribution in [3.63, 3.8) is 0 Å². The predicted molar refractivity (Wildman–Crippen MR) is 114 cm³/mol. The molecule has 2 aromatic carbocycles. The molecule has 30 heavy (non-hydrogen) atoms. The Labute approximate surface area is 175 Å². The Bertz CT molecular complexity index is 892. The van der Waals surface area contributed by atoms with E-state index in [1.807, 2.05) is 13.0 Å². The van der Waals surface area contributed by atoms with Gasteiger partial charge in [0.05, 0.1) is 7.11 Å². The van der Waals surface area contributed by atoms with Crippen LogP contribution in [0.5, 0.6) is 5.75 Å². The number of methoxy groups -OCH3 is 1. The predicted octanol–water partition coefficient (Wildman–Crippen LogP) is 3.23. The van der Waals surface area contributed by atoms with Gasteiger partial charge in [-0.3, -0.25) is 9.59 Å². The summed E-state index contributed by atoms with van der Waals surface area (Å²) >= 11 is 0. The zero-order valence-corrected chi connectivity index (χ0v) is 17.1. The minimum Gasteiger partial charge on any atom is -0.497 e. The summed E-state index contributed by atoms with van der Waals surface area (Å²) < 4.78 is 5.08. The SMILES string of the molecule is CCCC[C@@H](NC(=O)/C(=C/c1ccccc1)NC(=O)c1ccc(OC)cc1)C(=O)O. The van der Waals surface area contributed by atoms with Gasteiger partial charge in [-0.2, -0.15) is 0 Å². The van der Waals surface area contributed by atoms with E-state index in [4.69, 9.17) is 4.74 Å². The molecule has 0 unspecified atom stereocenters. The summed E-state index contributed by atoms with van der Waals surface area (Å²) in [4.78, 5) is 37.0. The molecular formula is C23H26N2O5. The molecule has 2 rings (SSSR count). The van der Waals surface area contributed by atoms with Crippen LogP contribution in [0.3, 0.4) is 0 Å². The molecule has 0 saturated heterocycles. The Balaban J connectivity index is 2.25. The molecule has 3 N–H and O–H groups in total. The Hall–Kier alpha value is -3.61. The topological polar surface area (TPSA) is 105 Å². The molecule has 7 heteroatoms. The minimum absolute atomic E-state index is 0.0373. The van der Waals surface area contributed by atoms with Gasteiger partial charge in [-0.25, -0.2) is 4.79 Å². The van der Waals surface area contributed by atoms with E-state index in [0.29, 0.717) is 29.7 Å². The third kappa shape index (κ3) is 6.77. The molecule has 2 aromatic rings. The van der Waals surface area contributed by atoms with Crippen molar-refractivity contribution >= 4 is 23.9 Å². The first-order valence-corrected chi connectivity index (χ1v) is 9.70. The molecule has 1 atom stereocenters. The number of hydrogen-bond acceptors (Lipinski definition) is 4. The molecule has 0 fully saturated rings. The van der Waals surface area contributed by atoms with E-state index in [1.54, 1.807) is 48.5 Å². The lowest BCUT2D eigenvalue weighted by molar-refractivity contribution is -0.141. The summed E-state index contributed by atoms with van der Waals surface area (Å²) in [5, 5.41) is 14.5. The van der Waals surface area contributed by atoms with Crippen molar-refractivity contribution in [2.45, 2.75) is 32.2 Å². The van der Waals surface area contributed by atoms with Gasteiger partial charge in [0.15, 0.2) is 0 Å².